The predicted octanol–water partition coefficient (Wildman–Crippen LogP) is 1.20. The van der Waals surface area contributed by atoms with E-state index in [1.165, 1.54) is 6.92 Å². The first kappa shape index (κ1) is 17.7. The zero-order chi connectivity index (χ0) is 18.8. The van der Waals surface area contributed by atoms with E-state index in [1.807, 2.05) is 6.92 Å². The van der Waals surface area contributed by atoms with Gasteiger partial charge in [-0.25, -0.2) is 4.98 Å². The minimum absolute atomic E-state index is 0.335. The van der Waals surface area contributed by atoms with Crippen LogP contribution in [0.1, 0.15) is 18.7 Å². The van der Waals surface area contributed by atoms with Crippen LogP contribution in [0.5, 0.6) is 0 Å². The molecule has 138 valence electrons. The molecule has 4 rings (SSSR count). The molecule has 1 saturated heterocycles. The van der Waals surface area contributed by atoms with Gasteiger partial charge < -0.3 is 35.3 Å². The molecule has 8 nitrogen and oxygen atoms in total. The second-order valence-electron chi connectivity index (χ2n) is 6.76. The second kappa shape index (κ2) is 5.91. The molecule has 4 atom stereocenters. The fourth-order valence-electron chi connectivity index (χ4n) is 3.56. The molecular formula is C16H18N4O4S2. The Morgan fingerprint density at radius 3 is 2.77 bits per heavy atom. The van der Waals surface area contributed by atoms with Crippen molar-refractivity contribution >= 4 is 52.0 Å². The third kappa shape index (κ3) is 2.45. The summed E-state index contributed by atoms with van der Waals surface area (Å²) in [7, 11) is 0. The van der Waals surface area contributed by atoms with Gasteiger partial charge in [-0.05, 0) is 37.7 Å². The van der Waals surface area contributed by atoms with Gasteiger partial charge in [-0.2, -0.15) is 0 Å². The van der Waals surface area contributed by atoms with Crippen LogP contribution >= 0.6 is 24.4 Å². The summed E-state index contributed by atoms with van der Waals surface area (Å²) in [5, 5.41) is 38.6. The molecule has 2 aliphatic rings. The molecule has 0 saturated carbocycles. The van der Waals surface area contributed by atoms with Gasteiger partial charge in [0.2, 0.25) is 0 Å². The average molecular weight is 394 g/mol. The first-order valence-electron chi connectivity index (χ1n) is 8.05. The van der Waals surface area contributed by atoms with Crippen LogP contribution in [0, 0.1) is 11.6 Å². The van der Waals surface area contributed by atoms with Gasteiger partial charge in [0.25, 0.3) is 0 Å². The smallest absolute Gasteiger partial charge is 0.177 e. The molecule has 10 heteroatoms. The molecule has 1 fully saturated rings. The van der Waals surface area contributed by atoms with Crippen molar-refractivity contribution in [3.63, 3.8) is 0 Å². The number of aliphatic hydroxyl groups excluding tert-OH is 2. The molecule has 4 heterocycles. The topological polar surface area (TPSA) is 112 Å². The third-order valence-corrected chi connectivity index (χ3v) is 5.32. The van der Waals surface area contributed by atoms with Gasteiger partial charge in [0, 0.05) is 11.6 Å². The summed E-state index contributed by atoms with van der Waals surface area (Å²) in [5.74, 6) is 1.10. The maximum absolute atomic E-state index is 10.8. The van der Waals surface area contributed by atoms with Crippen LogP contribution in [0.15, 0.2) is 12.3 Å². The maximum Gasteiger partial charge on any atom is 0.177 e. The maximum atomic E-state index is 10.8. The van der Waals surface area contributed by atoms with Gasteiger partial charge >= 0.3 is 0 Å². The van der Waals surface area contributed by atoms with E-state index in [9.17, 15) is 15.3 Å². The van der Waals surface area contributed by atoms with Crippen molar-refractivity contribution < 1.29 is 20.1 Å². The van der Waals surface area contributed by atoms with Gasteiger partial charge in [0.15, 0.2) is 11.3 Å². The Morgan fingerprint density at radius 2 is 2.12 bits per heavy atom. The third-order valence-electron chi connectivity index (χ3n) is 4.91. The van der Waals surface area contributed by atoms with E-state index in [1.54, 1.807) is 16.8 Å². The Morgan fingerprint density at radius 1 is 1.38 bits per heavy atom. The number of aliphatic hydroxyl groups is 3. The van der Waals surface area contributed by atoms with Crippen molar-refractivity contribution in [1.29, 1.82) is 0 Å². The lowest BCUT2D eigenvalue weighted by atomic mass is 9.96. The first-order chi connectivity index (χ1) is 12.2. The fourth-order valence-corrected chi connectivity index (χ4v) is 4.03. The molecule has 0 radical (unpaired) electrons. The van der Waals surface area contributed by atoms with E-state index in [0.29, 0.717) is 21.4 Å². The van der Waals surface area contributed by atoms with Gasteiger partial charge in [-0.3, -0.25) is 0 Å². The predicted molar refractivity (Wildman–Crippen MR) is 103 cm³/mol. The van der Waals surface area contributed by atoms with Crippen LogP contribution in [0.4, 0.5) is 11.6 Å². The van der Waals surface area contributed by atoms with Gasteiger partial charge in [0.1, 0.15) is 34.1 Å². The number of thiocarbonyl (C=S) groups is 1. The summed E-state index contributed by atoms with van der Waals surface area (Å²) in [6.45, 7) is 2.98. The molecule has 2 aliphatic heterocycles. The summed E-state index contributed by atoms with van der Waals surface area (Å²) in [4.78, 5) is 4.40. The highest BCUT2D eigenvalue weighted by molar-refractivity contribution is 7.80. The van der Waals surface area contributed by atoms with Gasteiger partial charge in [-0.15, -0.1) is 0 Å². The Labute approximate surface area is 159 Å². The van der Waals surface area contributed by atoms with Crippen LogP contribution in [-0.4, -0.2) is 54.4 Å². The number of rotatable bonds is 2. The number of nitrogens with one attached hydrogen (secondary N) is 2. The summed E-state index contributed by atoms with van der Waals surface area (Å²) >= 11 is 10.5. The van der Waals surface area contributed by atoms with Crippen LogP contribution < -0.4 is 10.6 Å². The first-order valence-corrected chi connectivity index (χ1v) is 8.87. The molecule has 0 bridgehead atoms. The minimum atomic E-state index is -1.61. The van der Waals surface area contributed by atoms with Crippen molar-refractivity contribution in [2.24, 2.45) is 0 Å². The van der Waals surface area contributed by atoms with Crippen molar-refractivity contribution in [2.75, 3.05) is 17.2 Å². The Hall–Kier alpha value is -1.69. The van der Waals surface area contributed by atoms with Gasteiger partial charge in [-0.1, -0.05) is 12.2 Å². The van der Waals surface area contributed by atoms with Crippen LogP contribution in [0.3, 0.4) is 0 Å². The standard InChI is InChI=1S/C16H18N4O4S2/c1-6-3-9(25)17-12-10-7(6)4-20(13(10)19-15(26)18-12)14-16(2,23)11(22)8(5-21)24-14/h3-4,8,11,14,21-23H,5H2,1-2H3,(H2,17,18,19,25,26)/t8-,11-,14?,16+/m1/s1. The largest absolute Gasteiger partial charge is 0.394 e. The van der Waals surface area contributed by atoms with E-state index in [2.05, 4.69) is 15.6 Å². The molecule has 2 aromatic heterocycles. The van der Waals surface area contributed by atoms with Crippen LogP contribution in [0.25, 0.3) is 10.8 Å². The fraction of sp³-hybridized carbons (Fsp3) is 0.438. The lowest BCUT2D eigenvalue weighted by Crippen LogP contribution is -2.44. The zero-order valence-corrected chi connectivity index (χ0v) is 15.7. The summed E-state index contributed by atoms with van der Waals surface area (Å²) in [6, 6.07) is 1.78. The van der Waals surface area contributed by atoms with Crippen molar-refractivity contribution in [3.8, 4) is 0 Å². The molecule has 1 unspecified atom stereocenters. The number of anilines is 2. The minimum Gasteiger partial charge on any atom is -0.394 e. The number of ether oxygens (including phenoxy) is 1. The second-order valence-corrected chi connectivity index (χ2v) is 7.59. The molecule has 0 amide bonds. The SMILES string of the molecule is Cc1cc(=S)nc2c3c(n(C4O[C@H](CO)[C@@H](O)[C@]4(C)O)cc13)NC(=S)N2. The number of hydrogen-bond donors (Lipinski definition) is 5. The van der Waals surface area contributed by atoms with E-state index in [-0.39, 0.29) is 0 Å². The molecular weight excluding hydrogens is 376 g/mol. The number of hydrogen-bond acceptors (Lipinski definition) is 7. The zero-order valence-electron chi connectivity index (χ0n) is 14.1. The molecule has 5 N–H and O–H groups in total. The summed E-state index contributed by atoms with van der Waals surface area (Å²) in [6.07, 6.45) is -1.26. The summed E-state index contributed by atoms with van der Waals surface area (Å²) in [5.41, 5.74) is -0.711. The Kier molecular flexibility index (Phi) is 4.03. The van der Waals surface area contributed by atoms with E-state index < -0.39 is 30.6 Å². The highest BCUT2D eigenvalue weighted by Gasteiger charge is 2.53. The number of nitrogens with zero attached hydrogens (tertiary/aromatic N) is 2. The lowest BCUT2D eigenvalue weighted by molar-refractivity contribution is -0.0953. The Bertz CT molecular complexity index is 990. The number of aromatic nitrogens is 2. The monoisotopic (exact) mass is 394 g/mol. The van der Waals surface area contributed by atoms with E-state index >= 15 is 0 Å². The molecule has 2 aromatic rings. The highest BCUT2D eigenvalue weighted by atomic mass is 32.1. The van der Waals surface area contributed by atoms with Crippen molar-refractivity contribution in [3.05, 3.63) is 22.5 Å². The number of aryl methyl sites for hydroxylation is 1. The van der Waals surface area contributed by atoms with E-state index in [4.69, 9.17) is 29.2 Å². The highest BCUT2D eigenvalue weighted by Crippen LogP contribution is 2.44. The van der Waals surface area contributed by atoms with Crippen LogP contribution in [0.2, 0.25) is 0 Å². The quantitative estimate of drug-likeness (QED) is 0.480. The Balaban J connectivity index is 2.00. The van der Waals surface area contributed by atoms with Crippen molar-refractivity contribution in [2.45, 2.75) is 37.9 Å². The van der Waals surface area contributed by atoms with Crippen LogP contribution in [-0.2, 0) is 4.74 Å². The molecule has 0 spiro atoms. The lowest BCUT2D eigenvalue weighted by Gasteiger charge is -2.29. The molecule has 0 aromatic carbocycles. The van der Waals surface area contributed by atoms with Gasteiger partial charge in [0.05, 0.1) is 12.0 Å². The molecule has 26 heavy (non-hydrogen) atoms. The average Bonchev–Trinajstić information content (AvgIpc) is 2.99. The normalized spacial score (nSPS) is 30.3. The summed E-state index contributed by atoms with van der Waals surface area (Å²) < 4.78 is 7.86. The molecule has 0 aliphatic carbocycles. The van der Waals surface area contributed by atoms with Crippen molar-refractivity contribution in [1.82, 2.24) is 9.55 Å². The van der Waals surface area contributed by atoms with E-state index in [0.717, 1.165) is 16.3 Å².